The summed E-state index contributed by atoms with van der Waals surface area (Å²) in [5.41, 5.74) is 6.48. The minimum Gasteiger partial charge on any atom is -0.391 e. The first-order valence-corrected chi connectivity index (χ1v) is 7.09. The molecular formula is C13H15N3O2S. The third-order valence-electron chi connectivity index (χ3n) is 3.34. The average molecular weight is 277 g/mol. The molecule has 1 atom stereocenters. The predicted molar refractivity (Wildman–Crippen MR) is 75.6 cm³/mol. The Morgan fingerprint density at radius 1 is 1.53 bits per heavy atom. The summed E-state index contributed by atoms with van der Waals surface area (Å²) < 4.78 is 0.950. The Bertz CT molecular complexity index is 625. The summed E-state index contributed by atoms with van der Waals surface area (Å²) in [5, 5.41) is 10.6. The molecular weight excluding hydrogens is 262 g/mol. The summed E-state index contributed by atoms with van der Waals surface area (Å²) in [4.78, 5) is 18.0. The molecule has 3 rings (SSSR count). The summed E-state index contributed by atoms with van der Waals surface area (Å²) in [6.07, 6.45) is 1.50. The van der Waals surface area contributed by atoms with Crippen LogP contribution in [0, 0.1) is 0 Å². The second kappa shape index (κ2) is 4.79. The van der Waals surface area contributed by atoms with Crippen LogP contribution in [0.5, 0.6) is 0 Å². The van der Waals surface area contributed by atoms with Gasteiger partial charge in [-0.25, -0.2) is 4.98 Å². The van der Waals surface area contributed by atoms with E-state index in [4.69, 9.17) is 5.73 Å². The lowest BCUT2D eigenvalue weighted by molar-refractivity contribution is 0.100. The Morgan fingerprint density at radius 2 is 2.37 bits per heavy atom. The second-order valence-corrected chi connectivity index (χ2v) is 5.76. The normalized spacial score (nSPS) is 19.8. The Kier molecular flexibility index (Phi) is 3.12. The molecule has 1 aromatic heterocycles. The van der Waals surface area contributed by atoms with Crippen molar-refractivity contribution in [2.45, 2.75) is 18.9 Å². The first-order chi connectivity index (χ1) is 9.15. The number of aliphatic hydroxyl groups is 1. The number of rotatable bonds is 2. The van der Waals surface area contributed by atoms with E-state index in [9.17, 15) is 9.90 Å². The summed E-state index contributed by atoms with van der Waals surface area (Å²) in [7, 11) is 0. The van der Waals surface area contributed by atoms with Crippen molar-refractivity contribution in [3.63, 3.8) is 0 Å². The van der Waals surface area contributed by atoms with Gasteiger partial charge in [0.1, 0.15) is 0 Å². The Balaban J connectivity index is 2.01. The van der Waals surface area contributed by atoms with Crippen molar-refractivity contribution in [2.75, 3.05) is 18.0 Å². The highest BCUT2D eigenvalue weighted by atomic mass is 32.1. The van der Waals surface area contributed by atoms with Gasteiger partial charge in [0.15, 0.2) is 5.13 Å². The molecule has 1 amide bonds. The fourth-order valence-corrected chi connectivity index (χ4v) is 3.43. The van der Waals surface area contributed by atoms with Crippen LogP contribution >= 0.6 is 11.3 Å². The highest BCUT2D eigenvalue weighted by Gasteiger charge is 2.21. The number of anilines is 1. The molecule has 1 fully saturated rings. The minimum atomic E-state index is -0.457. The Labute approximate surface area is 114 Å². The van der Waals surface area contributed by atoms with Gasteiger partial charge in [-0.2, -0.15) is 0 Å². The van der Waals surface area contributed by atoms with Gasteiger partial charge in [0, 0.05) is 13.1 Å². The monoisotopic (exact) mass is 277 g/mol. The van der Waals surface area contributed by atoms with Crippen LogP contribution in [0.2, 0.25) is 0 Å². The lowest BCUT2D eigenvalue weighted by Crippen LogP contribution is -2.38. The first-order valence-electron chi connectivity index (χ1n) is 6.27. The third-order valence-corrected chi connectivity index (χ3v) is 4.42. The third kappa shape index (κ3) is 2.29. The predicted octanol–water partition coefficient (Wildman–Crippen LogP) is 1.36. The topological polar surface area (TPSA) is 79.5 Å². The van der Waals surface area contributed by atoms with E-state index in [-0.39, 0.29) is 6.10 Å². The quantitative estimate of drug-likeness (QED) is 0.868. The van der Waals surface area contributed by atoms with Gasteiger partial charge in [-0.05, 0) is 25.0 Å². The van der Waals surface area contributed by atoms with Crippen molar-refractivity contribution in [2.24, 2.45) is 5.73 Å². The second-order valence-electron chi connectivity index (χ2n) is 4.76. The number of primary amides is 1. The molecule has 1 aromatic carbocycles. The van der Waals surface area contributed by atoms with E-state index in [1.165, 1.54) is 11.3 Å². The zero-order chi connectivity index (χ0) is 13.4. The number of thiazole rings is 1. The van der Waals surface area contributed by atoms with Crippen LogP contribution in [0.1, 0.15) is 23.2 Å². The molecule has 0 spiro atoms. The van der Waals surface area contributed by atoms with Gasteiger partial charge in [0.05, 0.1) is 21.9 Å². The molecule has 100 valence electrons. The summed E-state index contributed by atoms with van der Waals surface area (Å²) >= 11 is 1.53. The number of aliphatic hydroxyl groups excluding tert-OH is 1. The standard InChI is InChI=1S/C13H15N3O2S/c14-12(18)9-4-1-5-10-11(9)15-13(19-10)16-6-2-3-8(17)7-16/h1,4-5,8,17H,2-3,6-7H2,(H2,14,18)/t8-/m0/s1. The number of hydrogen-bond donors (Lipinski definition) is 2. The number of fused-ring (bicyclic) bond motifs is 1. The molecule has 19 heavy (non-hydrogen) atoms. The van der Waals surface area contributed by atoms with Crippen molar-refractivity contribution in [1.82, 2.24) is 4.98 Å². The summed E-state index contributed by atoms with van der Waals surface area (Å²) in [6.45, 7) is 1.49. The van der Waals surface area contributed by atoms with Gasteiger partial charge < -0.3 is 15.7 Å². The van der Waals surface area contributed by atoms with Gasteiger partial charge in [-0.3, -0.25) is 4.79 Å². The van der Waals surface area contributed by atoms with Crippen LogP contribution in [-0.4, -0.2) is 35.2 Å². The van der Waals surface area contributed by atoms with Crippen molar-refractivity contribution in [1.29, 1.82) is 0 Å². The van der Waals surface area contributed by atoms with Crippen molar-refractivity contribution >= 4 is 32.6 Å². The Morgan fingerprint density at radius 3 is 3.11 bits per heavy atom. The molecule has 3 N–H and O–H groups in total. The van der Waals surface area contributed by atoms with Crippen LogP contribution in [0.3, 0.4) is 0 Å². The number of amides is 1. The summed E-state index contributed by atoms with van der Waals surface area (Å²) in [6, 6.07) is 5.44. The number of nitrogens with two attached hydrogens (primary N) is 1. The average Bonchev–Trinajstić information content (AvgIpc) is 2.82. The molecule has 6 heteroatoms. The first kappa shape index (κ1) is 12.4. The van der Waals surface area contributed by atoms with Crippen LogP contribution in [0.4, 0.5) is 5.13 Å². The maximum Gasteiger partial charge on any atom is 0.250 e. The number of nitrogens with zero attached hydrogens (tertiary/aromatic N) is 2. The van der Waals surface area contributed by atoms with E-state index >= 15 is 0 Å². The zero-order valence-corrected chi connectivity index (χ0v) is 11.2. The molecule has 5 nitrogen and oxygen atoms in total. The molecule has 1 saturated heterocycles. The number of para-hydroxylation sites is 1. The number of carbonyl (C=O) groups excluding carboxylic acids is 1. The maximum absolute atomic E-state index is 11.4. The Hall–Kier alpha value is -1.66. The van der Waals surface area contributed by atoms with Gasteiger partial charge >= 0.3 is 0 Å². The summed E-state index contributed by atoms with van der Waals surface area (Å²) in [5.74, 6) is -0.457. The van der Waals surface area contributed by atoms with E-state index in [1.807, 2.05) is 12.1 Å². The van der Waals surface area contributed by atoms with Crippen molar-refractivity contribution < 1.29 is 9.90 Å². The van der Waals surface area contributed by atoms with Gasteiger partial charge in [-0.15, -0.1) is 0 Å². The van der Waals surface area contributed by atoms with Crippen LogP contribution in [0.15, 0.2) is 18.2 Å². The molecule has 0 unspecified atom stereocenters. The molecule has 1 aliphatic rings. The molecule has 1 aliphatic heterocycles. The van der Waals surface area contributed by atoms with Crippen molar-refractivity contribution in [3.05, 3.63) is 23.8 Å². The van der Waals surface area contributed by atoms with E-state index in [0.29, 0.717) is 17.6 Å². The fraction of sp³-hybridized carbons (Fsp3) is 0.385. The smallest absolute Gasteiger partial charge is 0.250 e. The lowest BCUT2D eigenvalue weighted by atomic mass is 10.1. The number of aromatic nitrogens is 1. The molecule has 2 aromatic rings. The number of hydrogen-bond acceptors (Lipinski definition) is 5. The van der Waals surface area contributed by atoms with E-state index in [0.717, 1.165) is 29.2 Å². The highest BCUT2D eigenvalue weighted by Crippen LogP contribution is 2.32. The lowest BCUT2D eigenvalue weighted by Gasteiger charge is -2.29. The molecule has 0 radical (unpaired) electrons. The van der Waals surface area contributed by atoms with Gasteiger partial charge in [0.2, 0.25) is 0 Å². The largest absolute Gasteiger partial charge is 0.391 e. The fourth-order valence-electron chi connectivity index (χ4n) is 2.40. The van der Waals surface area contributed by atoms with Crippen LogP contribution in [-0.2, 0) is 0 Å². The molecule has 2 heterocycles. The zero-order valence-electron chi connectivity index (χ0n) is 10.4. The molecule has 0 bridgehead atoms. The number of benzene rings is 1. The van der Waals surface area contributed by atoms with E-state index in [1.54, 1.807) is 6.07 Å². The van der Waals surface area contributed by atoms with Crippen LogP contribution in [0.25, 0.3) is 10.2 Å². The number of β-amino-alcohol motifs (C(OH)–C–C–N with tert-alkyl or cyclic N) is 1. The SMILES string of the molecule is NC(=O)c1cccc2sc(N3CCC[C@H](O)C3)nc12. The molecule has 0 aliphatic carbocycles. The number of carbonyl (C=O) groups is 1. The van der Waals surface area contributed by atoms with E-state index < -0.39 is 5.91 Å². The van der Waals surface area contributed by atoms with Gasteiger partial charge in [0.25, 0.3) is 5.91 Å². The number of piperidine rings is 1. The van der Waals surface area contributed by atoms with Gasteiger partial charge in [-0.1, -0.05) is 17.4 Å². The maximum atomic E-state index is 11.4. The van der Waals surface area contributed by atoms with Crippen molar-refractivity contribution in [3.8, 4) is 0 Å². The minimum absolute atomic E-state index is 0.295. The molecule has 0 saturated carbocycles. The highest BCUT2D eigenvalue weighted by molar-refractivity contribution is 7.22. The van der Waals surface area contributed by atoms with E-state index in [2.05, 4.69) is 9.88 Å². The van der Waals surface area contributed by atoms with Crippen LogP contribution < -0.4 is 10.6 Å².